The van der Waals surface area contributed by atoms with Gasteiger partial charge in [-0.3, -0.25) is 0 Å². The van der Waals surface area contributed by atoms with Gasteiger partial charge in [-0.2, -0.15) is 0 Å². The quantitative estimate of drug-likeness (QED) is 0.607. The summed E-state index contributed by atoms with van der Waals surface area (Å²) in [6.45, 7) is 4.40. The molecule has 1 aliphatic rings. The molecule has 4 heteroatoms. The Balaban J connectivity index is 0.00000225. The van der Waals surface area contributed by atoms with Crippen molar-refractivity contribution in [3.8, 4) is 5.75 Å². The van der Waals surface area contributed by atoms with Gasteiger partial charge in [0.2, 0.25) is 0 Å². The van der Waals surface area contributed by atoms with Crippen LogP contribution in [0.2, 0.25) is 5.02 Å². The summed E-state index contributed by atoms with van der Waals surface area (Å²) in [4.78, 5) is 2.56. The smallest absolute Gasteiger partial charge is 0.122 e. The molecule has 0 unspecified atom stereocenters. The second kappa shape index (κ2) is 10.7. The Bertz CT molecular complexity index is 627. The minimum atomic E-state index is 0. The zero-order valence-corrected chi connectivity index (χ0v) is 16.2. The second-order valence-corrected chi connectivity index (χ2v) is 6.92. The summed E-state index contributed by atoms with van der Waals surface area (Å²) in [6, 6.07) is 16.5. The first kappa shape index (κ1) is 20.1. The maximum Gasteiger partial charge on any atom is 0.122 e. The van der Waals surface area contributed by atoms with Crippen molar-refractivity contribution in [1.82, 2.24) is 4.90 Å². The number of ether oxygens (including phenoxy) is 1. The van der Waals surface area contributed by atoms with E-state index >= 15 is 0 Å². The number of likely N-dealkylation sites (tertiary alicyclic amines) is 1. The Morgan fingerprint density at radius 2 is 1.72 bits per heavy atom. The predicted molar refractivity (Wildman–Crippen MR) is 108 cm³/mol. The molecule has 0 radical (unpaired) electrons. The number of rotatable bonds is 8. The van der Waals surface area contributed by atoms with Crippen molar-refractivity contribution >= 4 is 24.0 Å². The highest BCUT2D eigenvalue weighted by Gasteiger charge is 2.11. The summed E-state index contributed by atoms with van der Waals surface area (Å²) in [5.74, 6) is 0.983. The van der Waals surface area contributed by atoms with E-state index in [0.29, 0.717) is 6.61 Å². The topological polar surface area (TPSA) is 12.5 Å². The first-order valence-corrected chi connectivity index (χ1v) is 9.36. The van der Waals surface area contributed by atoms with Gasteiger partial charge in [0.1, 0.15) is 5.75 Å². The summed E-state index contributed by atoms with van der Waals surface area (Å²) in [6.07, 6.45) is 5.82. The number of hydrogen-bond donors (Lipinski definition) is 0. The Hall–Kier alpha value is -1.22. The average molecular weight is 380 g/mol. The molecule has 0 aliphatic carbocycles. The van der Waals surface area contributed by atoms with E-state index in [1.807, 2.05) is 18.2 Å². The maximum atomic E-state index is 6.19. The van der Waals surface area contributed by atoms with Crippen molar-refractivity contribution in [1.29, 1.82) is 0 Å². The van der Waals surface area contributed by atoms with Crippen molar-refractivity contribution in [2.45, 2.75) is 32.1 Å². The molecule has 0 spiro atoms. The fourth-order valence-electron chi connectivity index (χ4n) is 3.31. The summed E-state index contributed by atoms with van der Waals surface area (Å²) < 4.78 is 6.05. The summed E-state index contributed by atoms with van der Waals surface area (Å²) in [5, 5.41) is 0.793. The Kier molecular flexibility index (Phi) is 8.60. The lowest BCUT2D eigenvalue weighted by Gasteiger charge is -2.16. The van der Waals surface area contributed by atoms with Gasteiger partial charge in [0.05, 0.1) is 6.61 Å². The van der Waals surface area contributed by atoms with E-state index < -0.39 is 0 Å². The van der Waals surface area contributed by atoms with E-state index in [9.17, 15) is 0 Å². The lowest BCUT2D eigenvalue weighted by molar-refractivity contribution is 0.314. The first-order chi connectivity index (χ1) is 11.8. The van der Waals surface area contributed by atoms with Crippen molar-refractivity contribution in [3.63, 3.8) is 0 Å². The van der Waals surface area contributed by atoms with Gasteiger partial charge in [-0.25, -0.2) is 0 Å². The van der Waals surface area contributed by atoms with E-state index in [1.54, 1.807) is 0 Å². The van der Waals surface area contributed by atoms with Gasteiger partial charge < -0.3 is 9.64 Å². The van der Waals surface area contributed by atoms with Crippen LogP contribution in [-0.2, 0) is 12.8 Å². The van der Waals surface area contributed by atoms with Crippen molar-refractivity contribution in [2.75, 3.05) is 26.2 Å². The molecule has 0 atom stereocenters. The molecular formula is C21H27Cl2NO. The number of halogens is 2. The van der Waals surface area contributed by atoms with Gasteiger partial charge in [-0.15, -0.1) is 12.4 Å². The molecule has 0 bridgehead atoms. The third kappa shape index (κ3) is 6.54. The zero-order chi connectivity index (χ0) is 16.6. The largest absolute Gasteiger partial charge is 0.493 e. The lowest BCUT2D eigenvalue weighted by Crippen LogP contribution is -2.20. The Labute approximate surface area is 162 Å². The molecule has 1 aliphatic heterocycles. The summed E-state index contributed by atoms with van der Waals surface area (Å²) in [5.41, 5.74) is 2.54. The van der Waals surface area contributed by atoms with Crippen LogP contribution >= 0.6 is 24.0 Å². The maximum absolute atomic E-state index is 6.19. The standard InChI is InChI=1S/C21H26ClNO.ClH/c22-20-10-11-21(24-16-12-18-7-2-1-3-8-18)19(17-20)9-6-15-23-13-4-5-14-23;/h1-3,7-8,10-11,17H,4-6,9,12-16H2;1H. The molecule has 136 valence electrons. The van der Waals surface area contributed by atoms with Crippen LogP contribution in [0.25, 0.3) is 0 Å². The lowest BCUT2D eigenvalue weighted by atomic mass is 10.1. The minimum absolute atomic E-state index is 0. The van der Waals surface area contributed by atoms with Gasteiger partial charge in [0, 0.05) is 11.4 Å². The minimum Gasteiger partial charge on any atom is -0.493 e. The van der Waals surface area contributed by atoms with Crippen LogP contribution in [0.5, 0.6) is 5.75 Å². The van der Waals surface area contributed by atoms with E-state index in [4.69, 9.17) is 16.3 Å². The van der Waals surface area contributed by atoms with E-state index in [2.05, 4.69) is 35.2 Å². The first-order valence-electron chi connectivity index (χ1n) is 8.99. The van der Waals surface area contributed by atoms with Gasteiger partial charge in [0.15, 0.2) is 0 Å². The normalized spacial score (nSPS) is 14.3. The van der Waals surface area contributed by atoms with Crippen LogP contribution in [0.3, 0.4) is 0 Å². The SMILES string of the molecule is Cl.Clc1ccc(OCCc2ccccc2)c(CCCN2CCCC2)c1. The highest BCUT2D eigenvalue weighted by molar-refractivity contribution is 6.30. The molecule has 0 saturated carbocycles. The molecule has 1 heterocycles. The number of aryl methyl sites for hydroxylation is 1. The van der Waals surface area contributed by atoms with E-state index in [-0.39, 0.29) is 12.4 Å². The Morgan fingerprint density at radius 1 is 0.960 bits per heavy atom. The zero-order valence-electron chi connectivity index (χ0n) is 14.6. The van der Waals surface area contributed by atoms with Crippen LogP contribution in [0, 0.1) is 0 Å². The van der Waals surface area contributed by atoms with Crippen LogP contribution in [-0.4, -0.2) is 31.1 Å². The molecule has 1 saturated heterocycles. The predicted octanol–water partition coefficient (Wildman–Crippen LogP) is 5.41. The van der Waals surface area contributed by atoms with Crippen LogP contribution < -0.4 is 4.74 Å². The van der Waals surface area contributed by atoms with Crippen LogP contribution in [0.4, 0.5) is 0 Å². The van der Waals surface area contributed by atoms with E-state index in [0.717, 1.165) is 30.0 Å². The van der Waals surface area contributed by atoms with Gasteiger partial charge in [-0.05, 0) is 74.6 Å². The van der Waals surface area contributed by atoms with Gasteiger partial charge in [0.25, 0.3) is 0 Å². The third-order valence-corrected chi connectivity index (χ3v) is 4.87. The third-order valence-electron chi connectivity index (χ3n) is 4.63. The fraction of sp³-hybridized carbons (Fsp3) is 0.429. The van der Waals surface area contributed by atoms with Crippen molar-refractivity contribution in [2.24, 2.45) is 0 Å². The summed E-state index contributed by atoms with van der Waals surface area (Å²) >= 11 is 6.19. The van der Waals surface area contributed by atoms with E-state index in [1.165, 1.54) is 43.6 Å². The Morgan fingerprint density at radius 3 is 2.48 bits per heavy atom. The molecule has 2 aromatic carbocycles. The summed E-state index contributed by atoms with van der Waals surface area (Å²) in [7, 11) is 0. The number of nitrogens with zero attached hydrogens (tertiary/aromatic N) is 1. The van der Waals surface area contributed by atoms with Crippen molar-refractivity contribution < 1.29 is 4.74 Å². The highest BCUT2D eigenvalue weighted by Crippen LogP contribution is 2.25. The monoisotopic (exact) mass is 379 g/mol. The molecule has 0 amide bonds. The number of hydrogen-bond acceptors (Lipinski definition) is 2. The van der Waals surface area contributed by atoms with Gasteiger partial charge >= 0.3 is 0 Å². The average Bonchev–Trinajstić information content (AvgIpc) is 3.11. The molecule has 2 nitrogen and oxygen atoms in total. The fourth-order valence-corrected chi connectivity index (χ4v) is 3.50. The molecule has 0 aromatic heterocycles. The number of benzene rings is 2. The second-order valence-electron chi connectivity index (χ2n) is 6.49. The van der Waals surface area contributed by atoms with Gasteiger partial charge in [-0.1, -0.05) is 41.9 Å². The molecule has 3 rings (SSSR count). The van der Waals surface area contributed by atoms with Crippen LogP contribution in [0.1, 0.15) is 30.4 Å². The molecule has 1 fully saturated rings. The molecule has 2 aromatic rings. The molecule has 0 N–H and O–H groups in total. The molecular weight excluding hydrogens is 353 g/mol. The molecule has 25 heavy (non-hydrogen) atoms. The van der Waals surface area contributed by atoms with Crippen molar-refractivity contribution in [3.05, 3.63) is 64.7 Å². The highest BCUT2D eigenvalue weighted by atomic mass is 35.5. The van der Waals surface area contributed by atoms with Crippen LogP contribution in [0.15, 0.2) is 48.5 Å².